The van der Waals surface area contributed by atoms with Gasteiger partial charge in [-0.2, -0.15) is 0 Å². The van der Waals surface area contributed by atoms with Crippen LogP contribution >= 0.6 is 11.8 Å². The van der Waals surface area contributed by atoms with Crippen molar-refractivity contribution in [1.29, 1.82) is 0 Å². The summed E-state index contributed by atoms with van der Waals surface area (Å²) in [7, 11) is 0. The fourth-order valence-corrected chi connectivity index (χ4v) is 3.96. The van der Waals surface area contributed by atoms with E-state index in [1.54, 1.807) is 24.3 Å². The molecule has 0 aliphatic carbocycles. The van der Waals surface area contributed by atoms with E-state index in [0.29, 0.717) is 21.9 Å². The van der Waals surface area contributed by atoms with Gasteiger partial charge in [0.25, 0.3) is 11.4 Å². The number of amidine groups is 1. The van der Waals surface area contributed by atoms with Crippen LogP contribution in [-0.4, -0.2) is 19.9 Å². The molecule has 2 aliphatic rings. The average molecular weight is 395 g/mol. The number of hydrogen-bond acceptors (Lipinski definition) is 8. The Morgan fingerprint density at radius 2 is 1.75 bits per heavy atom. The van der Waals surface area contributed by atoms with E-state index < -0.39 is 15.9 Å². The van der Waals surface area contributed by atoms with Crippen molar-refractivity contribution in [2.75, 3.05) is 0 Å². The Morgan fingerprint density at radius 1 is 1.04 bits per heavy atom. The summed E-state index contributed by atoms with van der Waals surface area (Å²) in [6.45, 7) is 0. The number of nitro groups is 2. The smallest absolute Gasteiger partial charge is 0.269 e. The van der Waals surface area contributed by atoms with Crippen molar-refractivity contribution < 1.29 is 9.85 Å². The summed E-state index contributed by atoms with van der Waals surface area (Å²) in [5.74, 6) is 0.271. The maximum Gasteiger partial charge on any atom is 0.269 e. The van der Waals surface area contributed by atoms with Crippen molar-refractivity contribution in [3.05, 3.63) is 97.3 Å². The third-order valence-electron chi connectivity index (χ3n) is 4.45. The van der Waals surface area contributed by atoms with Crippen LogP contribution in [0.4, 0.5) is 11.4 Å². The predicted octanol–water partition coefficient (Wildman–Crippen LogP) is 3.76. The molecule has 4 rings (SSSR count). The summed E-state index contributed by atoms with van der Waals surface area (Å²) in [5, 5.41) is 24.7. The number of thioether (sulfide) groups is 1. The molecule has 1 atom stereocenters. The van der Waals surface area contributed by atoms with Gasteiger partial charge in [0.2, 0.25) is 0 Å². The number of non-ortho nitro benzene ring substituents is 2. The molecule has 140 valence electrons. The van der Waals surface area contributed by atoms with Gasteiger partial charge in [-0.25, -0.2) is 4.99 Å². The van der Waals surface area contributed by atoms with Crippen molar-refractivity contribution in [3.8, 4) is 0 Å². The molecule has 0 saturated heterocycles. The SMILES string of the molecule is NC1=C(c2ccc([N+](=O)[O-])cc2)C(c2cccc([N+](=O)[O-])c2)N2C=CSC2=N1. The molecule has 2 aliphatic heterocycles. The van der Waals surface area contributed by atoms with Gasteiger partial charge in [-0.15, -0.1) is 0 Å². The average Bonchev–Trinajstić information content (AvgIpc) is 3.15. The zero-order chi connectivity index (χ0) is 19.8. The Labute approximate surface area is 163 Å². The van der Waals surface area contributed by atoms with E-state index in [0.717, 1.165) is 0 Å². The van der Waals surface area contributed by atoms with Crippen molar-refractivity contribution in [2.45, 2.75) is 6.04 Å². The first-order valence-corrected chi connectivity index (χ1v) is 9.03. The molecular weight excluding hydrogens is 382 g/mol. The van der Waals surface area contributed by atoms with Gasteiger partial charge in [0.15, 0.2) is 5.17 Å². The molecule has 0 saturated carbocycles. The second kappa shape index (κ2) is 6.82. The molecule has 1 unspecified atom stereocenters. The number of benzene rings is 2. The summed E-state index contributed by atoms with van der Waals surface area (Å²) in [6, 6.07) is 11.9. The zero-order valence-electron chi connectivity index (χ0n) is 14.3. The highest BCUT2D eigenvalue weighted by Crippen LogP contribution is 2.44. The lowest BCUT2D eigenvalue weighted by Crippen LogP contribution is -2.32. The van der Waals surface area contributed by atoms with Crippen molar-refractivity contribution >= 4 is 33.9 Å². The standard InChI is InChI=1S/C18H13N5O4S/c19-17-15(11-4-6-13(7-5-11)22(24)25)16(21-8-9-28-18(21)20-17)12-2-1-3-14(10-12)23(26)27/h1-10,16H,19H2. The highest BCUT2D eigenvalue weighted by atomic mass is 32.2. The molecule has 0 radical (unpaired) electrons. The van der Waals surface area contributed by atoms with Gasteiger partial charge in [0, 0.05) is 36.0 Å². The van der Waals surface area contributed by atoms with Crippen LogP contribution in [0.3, 0.4) is 0 Å². The summed E-state index contributed by atoms with van der Waals surface area (Å²) >= 11 is 1.40. The van der Waals surface area contributed by atoms with E-state index in [1.807, 2.05) is 16.5 Å². The molecule has 2 aromatic carbocycles. The van der Waals surface area contributed by atoms with Crippen LogP contribution in [0.5, 0.6) is 0 Å². The Bertz CT molecular complexity index is 1080. The molecule has 0 amide bonds. The van der Waals surface area contributed by atoms with Crippen molar-refractivity contribution in [2.24, 2.45) is 10.7 Å². The van der Waals surface area contributed by atoms with E-state index in [1.165, 1.54) is 36.0 Å². The fourth-order valence-electron chi connectivity index (χ4n) is 3.21. The minimum absolute atomic E-state index is 0.0287. The number of nitrogens with two attached hydrogens (primary N) is 1. The summed E-state index contributed by atoms with van der Waals surface area (Å²) < 4.78 is 0. The van der Waals surface area contributed by atoms with Crippen LogP contribution in [0.15, 0.2) is 71.0 Å². The summed E-state index contributed by atoms with van der Waals surface area (Å²) in [6.07, 6.45) is 1.84. The normalized spacial score (nSPS) is 18.1. The lowest BCUT2D eigenvalue weighted by atomic mass is 9.90. The number of fused-ring (bicyclic) bond motifs is 1. The maximum atomic E-state index is 11.2. The van der Waals surface area contributed by atoms with Gasteiger partial charge in [0.05, 0.1) is 15.9 Å². The first-order valence-electron chi connectivity index (χ1n) is 8.15. The first-order chi connectivity index (χ1) is 13.5. The van der Waals surface area contributed by atoms with Gasteiger partial charge < -0.3 is 10.6 Å². The topological polar surface area (TPSA) is 128 Å². The lowest BCUT2D eigenvalue weighted by molar-refractivity contribution is -0.385. The minimum atomic E-state index is -0.476. The van der Waals surface area contributed by atoms with Crippen LogP contribution < -0.4 is 5.73 Å². The molecule has 9 nitrogen and oxygen atoms in total. The number of hydrogen-bond donors (Lipinski definition) is 1. The Morgan fingerprint density at radius 3 is 2.43 bits per heavy atom. The van der Waals surface area contributed by atoms with Gasteiger partial charge in [-0.1, -0.05) is 23.9 Å². The van der Waals surface area contributed by atoms with Crippen molar-refractivity contribution in [1.82, 2.24) is 4.90 Å². The van der Waals surface area contributed by atoms with E-state index in [9.17, 15) is 20.2 Å². The molecule has 0 spiro atoms. The van der Waals surface area contributed by atoms with Gasteiger partial charge in [0.1, 0.15) is 5.82 Å². The third-order valence-corrected chi connectivity index (χ3v) is 5.22. The van der Waals surface area contributed by atoms with E-state index in [-0.39, 0.29) is 17.2 Å². The second-order valence-corrected chi connectivity index (χ2v) is 6.94. The lowest BCUT2D eigenvalue weighted by Gasteiger charge is -2.34. The molecule has 10 heteroatoms. The second-order valence-electron chi connectivity index (χ2n) is 6.06. The fraction of sp³-hybridized carbons (Fsp3) is 0.0556. The Hall–Kier alpha value is -3.66. The molecule has 0 aromatic heterocycles. The summed E-state index contributed by atoms with van der Waals surface area (Å²) in [4.78, 5) is 27.6. The largest absolute Gasteiger partial charge is 0.383 e. The molecule has 2 aromatic rings. The van der Waals surface area contributed by atoms with Crippen molar-refractivity contribution in [3.63, 3.8) is 0 Å². The maximum absolute atomic E-state index is 11.2. The number of rotatable bonds is 4. The monoisotopic (exact) mass is 395 g/mol. The third kappa shape index (κ3) is 2.99. The van der Waals surface area contributed by atoms with Crippen LogP contribution in [0.25, 0.3) is 5.57 Å². The molecule has 28 heavy (non-hydrogen) atoms. The molecule has 2 heterocycles. The predicted molar refractivity (Wildman–Crippen MR) is 106 cm³/mol. The van der Waals surface area contributed by atoms with Crippen LogP contribution in [0, 0.1) is 20.2 Å². The number of aliphatic imine (C=N–C) groups is 1. The van der Waals surface area contributed by atoms with Gasteiger partial charge in [-0.05, 0) is 28.7 Å². The molecule has 0 fully saturated rings. The van der Waals surface area contributed by atoms with Crippen LogP contribution in [0.2, 0.25) is 0 Å². The number of nitro benzene ring substituents is 2. The van der Waals surface area contributed by atoms with E-state index >= 15 is 0 Å². The Balaban J connectivity index is 1.87. The Kier molecular flexibility index (Phi) is 4.32. The highest BCUT2D eigenvalue weighted by Gasteiger charge is 2.35. The van der Waals surface area contributed by atoms with Gasteiger partial charge in [-0.3, -0.25) is 20.2 Å². The zero-order valence-corrected chi connectivity index (χ0v) is 15.1. The highest BCUT2D eigenvalue weighted by molar-refractivity contribution is 8.16. The summed E-state index contributed by atoms with van der Waals surface area (Å²) in [5.41, 5.74) is 8.14. The molecular formula is C18H13N5O4S. The van der Waals surface area contributed by atoms with E-state index in [4.69, 9.17) is 5.73 Å². The van der Waals surface area contributed by atoms with E-state index in [2.05, 4.69) is 4.99 Å². The van der Waals surface area contributed by atoms with Crippen LogP contribution in [-0.2, 0) is 0 Å². The minimum Gasteiger partial charge on any atom is -0.383 e. The number of nitrogens with zero attached hydrogens (tertiary/aromatic N) is 4. The van der Waals surface area contributed by atoms with Gasteiger partial charge >= 0.3 is 0 Å². The molecule has 2 N–H and O–H groups in total. The molecule has 0 bridgehead atoms. The first kappa shape index (κ1) is 17.7. The van der Waals surface area contributed by atoms with Crippen LogP contribution in [0.1, 0.15) is 17.2 Å². The quantitative estimate of drug-likeness (QED) is 0.616.